The van der Waals surface area contributed by atoms with Crippen LogP contribution >= 0.6 is 23.8 Å². The molecule has 90 valence electrons. The van der Waals surface area contributed by atoms with Gasteiger partial charge in [-0.25, -0.2) is 0 Å². The number of benzene rings is 1. The Bertz CT molecular complexity index is 559. The summed E-state index contributed by atoms with van der Waals surface area (Å²) in [7, 11) is 0. The van der Waals surface area contributed by atoms with Gasteiger partial charge in [0.1, 0.15) is 0 Å². The number of H-pyrrole nitrogens is 1. The average molecular weight is 270 g/mol. The highest BCUT2D eigenvalue weighted by atomic mass is 35.5. The minimum Gasteiger partial charge on any atom is -0.392 e. The van der Waals surface area contributed by atoms with E-state index in [9.17, 15) is 5.11 Å². The third-order valence-electron chi connectivity index (χ3n) is 2.31. The predicted octanol–water partition coefficient (Wildman–Crippen LogP) is 2.64. The minimum absolute atomic E-state index is 0.410. The number of aliphatic hydroxyl groups excluding tert-OH is 1. The summed E-state index contributed by atoms with van der Waals surface area (Å²) < 4.78 is 2.26. The molecular formula is C11H12ClN3OS. The second kappa shape index (κ2) is 5.00. The maximum Gasteiger partial charge on any atom is 0.195 e. The molecule has 17 heavy (non-hydrogen) atoms. The first-order chi connectivity index (χ1) is 8.08. The van der Waals surface area contributed by atoms with Crippen LogP contribution in [0.5, 0.6) is 0 Å². The molecule has 0 unspecified atom stereocenters. The Balaban J connectivity index is 2.45. The highest BCUT2D eigenvalue weighted by Gasteiger charge is 2.10. The third kappa shape index (κ3) is 2.74. The fourth-order valence-corrected chi connectivity index (χ4v) is 1.90. The molecule has 1 atom stereocenters. The molecule has 0 aliphatic heterocycles. The number of halogens is 1. The molecular weight excluding hydrogens is 258 g/mol. The fraction of sp³-hybridized carbons (Fsp3) is 0.273. The monoisotopic (exact) mass is 269 g/mol. The molecule has 0 fully saturated rings. The molecule has 4 nitrogen and oxygen atoms in total. The Morgan fingerprint density at radius 2 is 2.12 bits per heavy atom. The number of aromatic nitrogens is 3. The maximum atomic E-state index is 9.43. The molecule has 2 aromatic rings. The van der Waals surface area contributed by atoms with Crippen molar-refractivity contribution in [2.75, 3.05) is 0 Å². The lowest BCUT2D eigenvalue weighted by Crippen LogP contribution is -2.12. The predicted molar refractivity (Wildman–Crippen MR) is 69.5 cm³/mol. The van der Waals surface area contributed by atoms with E-state index in [4.69, 9.17) is 23.8 Å². The molecule has 1 aromatic carbocycles. The van der Waals surface area contributed by atoms with E-state index >= 15 is 0 Å². The van der Waals surface area contributed by atoms with Gasteiger partial charge in [-0.1, -0.05) is 11.6 Å². The highest BCUT2D eigenvalue weighted by Crippen LogP contribution is 2.20. The maximum absolute atomic E-state index is 9.43. The lowest BCUT2D eigenvalue weighted by Gasteiger charge is -2.08. The largest absolute Gasteiger partial charge is 0.392 e. The first-order valence-electron chi connectivity index (χ1n) is 5.17. The molecule has 0 bridgehead atoms. The summed E-state index contributed by atoms with van der Waals surface area (Å²) in [5.74, 6) is 0.701. The quantitative estimate of drug-likeness (QED) is 0.843. The summed E-state index contributed by atoms with van der Waals surface area (Å²) in [4.78, 5) is 0. The van der Waals surface area contributed by atoms with Crippen molar-refractivity contribution in [2.45, 2.75) is 19.6 Å². The van der Waals surface area contributed by atoms with Crippen molar-refractivity contribution < 1.29 is 5.11 Å². The summed E-state index contributed by atoms with van der Waals surface area (Å²) in [5, 5.41) is 17.0. The third-order valence-corrected chi connectivity index (χ3v) is 2.87. The van der Waals surface area contributed by atoms with E-state index in [0.717, 1.165) is 5.56 Å². The van der Waals surface area contributed by atoms with Gasteiger partial charge in [0.2, 0.25) is 0 Å². The zero-order valence-corrected chi connectivity index (χ0v) is 10.8. The van der Waals surface area contributed by atoms with Crippen molar-refractivity contribution in [3.8, 4) is 11.4 Å². The Morgan fingerprint density at radius 3 is 2.71 bits per heavy atom. The smallest absolute Gasteiger partial charge is 0.195 e. The van der Waals surface area contributed by atoms with Crippen LogP contribution < -0.4 is 0 Å². The van der Waals surface area contributed by atoms with Crippen LogP contribution in [0.1, 0.15) is 6.92 Å². The SMILES string of the molecule is C[C@@H](O)Cn1c(-c2ccc(Cl)cc2)n[nH]c1=S. The van der Waals surface area contributed by atoms with Gasteiger partial charge in [-0.2, -0.15) is 5.10 Å². The zero-order chi connectivity index (χ0) is 12.4. The summed E-state index contributed by atoms with van der Waals surface area (Å²) in [6, 6.07) is 7.32. The van der Waals surface area contributed by atoms with Crippen LogP contribution in [0, 0.1) is 4.77 Å². The molecule has 1 aromatic heterocycles. The number of aliphatic hydroxyl groups is 1. The second-order valence-corrected chi connectivity index (χ2v) is 4.64. The number of aromatic amines is 1. The van der Waals surface area contributed by atoms with Crippen LogP contribution in [0.4, 0.5) is 0 Å². The van der Waals surface area contributed by atoms with E-state index in [2.05, 4.69) is 10.2 Å². The normalized spacial score (nSPS) is 12.6. The number of rotatable bonds is 3. The summed E-state index contributed by atoms with van der Waals surface area (Å²) in [6.45, 7) is 2.12. The zero-order valence-electron chi connectivity index (χ0n) is 9.22. The molecule has 0 spiro atoms. The van der Waals surface area contributed by atoms with E-state index in [0.29, 0.717) is 22.2 Å². The fourth-order valence-electron chi connectivity index (χ4n) is 1.57. The standard InChI is InChI=1S/C11H12ClN3OS/c1-7(16)6-15-10(13-14-11(15)17)8-2-4-9(12)5-3-8/h2-5,7,16H,6H2,1H3,(H,14,17)/t7-/m1/s1. The molecule has 6 heteroatoms. The Morgan fingerprint density at radius 1 is 1.47 bits per heavy atom. The number of hydrogen-bond donors (Lipinski definition) is 2. The highest BCUT2D eigenvalue weighted by molar-refractivity contribution is 7.71. The average Bonchev–Trinajstić information content (AvgIpc) is 2.61. The van der Waals surface area contributed by atoms with Gasteiger partial charge in [-0.3, -0.25) is 9.67 Å². The minimum atomic E-state index is -0.481. The van der Waals surface area contributed by atoms with Crippen LogP contribution in [0.15, 0.2) is 24.3 Å². The number of nitrogens with one attached hydrogen (secondary N) is 1. The van der Waals surface area contributed by atoms with Crippen molar-refractivity contribution in [3.63, 3.8) is 0 Å². The van der Waals surface area contributed by atoms with Crippen LogP contribution in [-0.4, -0.2) is 26.0 Å². The van der Waals surface area contributed by atoms with Crippen LogP contribution in [-0.2, 0) is 6.54 Å². The first-order valence-corrected chi connectivity index (χ1v) is 5.96. The van der Waals surface area contributed by atoms with Gasteiger partial charge >= 0.3 is 0 Å². The van der Waals surface area contributed by atoms with Gasteiger partial charge in [0.15, 0.2) is 10.6 Å². The Hall–Kier alpha value is -1.17. The Kier molecular flexibility index (Phi) is 3.61. The van der Waals surface area contributed by atoms with Gasteiger partial charge in [0.25, 0.3) is 0 Å². The van der Waals surface area contributed by atoms with Crippen molar-refractivity contribution in [1.82, 2.24) is 14.8 Å². The van der Waals surface area contributed by atoms with Crippen molar-refractivity contribution >= 4 is 23.8 Å². The molecule has 2 rings (SSSR count). The summed E-state index contributed by atoms with van der Waals surface area (Å²) in [6.07, 6.45) is -0.481. The topological polar surface area (TPSA) is 53.8 Å². The van der Waals surface area contributed by atoms with Crippen LogP contribution in [0.3, 0.4) is 0 Å². The van der Waals surface area contributed by atoms with Crippen LogP contribution in [0.2, 0.25) is 5.02 Å². The van der Waals surface area contributed by atoms with Gasteiger partial charge in [-0.05, 0) is 43.4 Å². The van der Waals surface area contributed by atoms with Gasteiger partial charge in [0, 0.05) is 10.6 Å². The molecule has 0 aliphatic carbocycles. The van der Waals surface area contributed by atoms with E-state index in [-0.39, 0.29) is 0 Å². The molecule has 0 saturated heterocycles. The first kappa shape index (κ1) is 12.3. The van der Waals surface area contributed by atoms with Crippen molar-refractivity contribution in [3.05, 3.63) is 34.1 Å². The summed E-state index contributed by atoms with van der Waals surface area (Å²) >= 11 is 11.0. The second-order valence-electron chi connectivity index (χ2n) is 3.82. The van der Waals surface area contributed by atoms with Gasteiger partial charge in [-0.15, -0.1) is 0 Å². The molecule has 0 saturated carbocycles. The number of hydrogen-bond acceptors (Lipinski definition) is 3. The van der Waals surface area contributed by atoms with Crippen molar-refractivity contribution in [2.24, 2.45) is 0 Å². The molecule has 1 heterocycles. The molecule has 0 radical (unpaired) electrons. The van der Waals surface area contributed by atoms with E-state index in [1.165, 1.54) is 0 Å². The lowest BCUT2D eigenvalue weighted by molar-refractivity contribution is 0.173. The molecule has 2 N–H and O–H groups in total. The summed E-state index contributed by atoms with van der Waals surface area (Å²) in [5.41, 5.74) is 0.905. The lowest BCUT2D eigenvalue weighted by atomic mass is 10.2. The van der Waals surface area contributed by atoms with Crippen LogP contribution in [0.25, 0.3) is 11.4 Å². The van der Waals surface area contributed by atoms with E-state index in [1.807, 2.05) is 12.1 Å². The van der Waals surface area contributed by atoms with E-state index < -0.39 is 6.10 Å². The Labute approximate surface area is 109 Å². The van der Waals surface area contributed by atoms with Crippen molar-refractivity contribution in [1.29, 1.82) is 0 Å². The van der Waals surface area contributed by atoms with Gasteiger partial charge in [0.05, 0.1) is 12.6 Å². The van der Waals surface area contributed by atoms with E-state index in [1.54, 1.807) is 23.6 Å². The molecule has 0 amide bonds. The van der Waals surface area contributed by atoms with Gasteiger partial charge < -0.3 is 5.11 Å². The number of nitrogens with zero attached hydrogens (tertiary/aromatic N) is 2. The molecule has 0 aliphatic rings.